The van der Waals surface area contributed by atoms with Gasteiger partial charge in [-0.2, -0.15) is 18.4 Å². The Balaban J connectivity index is 3.06. The summed E-state index contributed by atoms with van der Waals surface area (Å²) in [6.07, 6.45) is -4.56. The summed E-state index contributed by atoms with van der Waals surface area (Å²) in [5.74, 6) is -0.754. The van der Waals surface area contributed by atoms with E-state index >= 15 is 0 Å². The highest BCUT2D eigenvalue weighted by molar-refractivity contribution is 5.96. The molecule has 114 valence electrons. The average molecular weight is 300 g/mol. The molecule has 0 aliphatic rings. The van der Waals surface area contributed by atoms with Crippen LogP contribution in [0.15, 0.2) is 24.3 Å². The summed E-state index contributed by atoms with van der Waals surface area (Å²) in [5.41, 5.74) is -1.39. The number of alkyl halides is 3. The van der Waals surface area contributed by atoms with Gasteiger partial charge in [-0.05, 0) is 12.1 Å². The largest absolute Gasteiger partial charge is 0.417 e. The van der Waals surface area contributed by atoms with Gasteiger partial charge in [-0.15, -0.1) is 0 Å². The number of carbonyl (C=O) groups is 1. The number of nitriles is 1. The number of nitrogens with zero attached hydrogens (tertiary/aromatic N) is 2. The summed E-state index contributed by atoms with van der Waals surface area (Å²) in [4.78, 5) is 13.5. The highest BCUT2D eigenvalue weighted by atomic mass is 19.4. The van der Waals surface area contributed by atoms with Gasteiger partial charge in [0.15, 0.2) is 0 Å². The fourth-order valence-electron chi connectivity index (χ4n) is 1.79. The molecule has 0 heterocycles. The first kappa shape index (κ1) is 17.0. The van der Waals surface area contributed by atoms with Gasteiger partial charge in [-0.25, -0.2) is 0 Å². The number of halogens is 3. The minimum Gasteiger partial charge on any atom is -0.383 e. The van der Waals surface area contributed by atoms with Crippen molar-refractivity contribution in [2.45, 2.75) is 12.6 Å². The second-order valence-electron chi connectivity index (χ2n) is 4.24. The highest BCUT2D eigenvalue weighted by Crippen LogP contribution is 2.32. The first-order valence-corrected chi connectivity index (χ1v) is 6.23. The topological polar surface area (TPSA) is 53.3 Å². The van der Waals surface area contributed by atoms with Crippen LogP contribution >= 0.6 is 0 Å². The average Bonchev–Trinajstić information content (AvgIpc) is 2.46. The summed E-state index contributed by atoms with van der Waals surface area (Å²) < 4.78 is 43.6. The summed E-state index contributed by atoms with van der Waals surface area (Å²) in [6, 6.07) is 6.48. The van der Waals surface area contributed by atoms with Crippen molar-refractivity contribution in [3.05, 3.63) is 35.4 Å². The molecule has 0 spiro atoms. The van der Waals surface area contributed by atoms with Crippen molar-refractivity contribution >= 4 is 5.91 Å². The molecule has 0 unspecified atom stereocenters. The van der Waals surface area contributed by atoms with Crippen LogP contribution in [0.5, 0.6) is 0 Å². The number of hydrogen-bond acceptors (Lipinski definition) is 3. The van der Waals surface area contributed by atoms with Crippen molar-refractivity contribution in [2.24, 2.45) is 0 Å². The third kappa shape index (κ3) is 4.76. The summed E-state index contributed by atoms with van der Waals surface area (Å²) in [6.45, 7) is 0.374. The molecule has 21 heavy (non-hydrogen) atoms. The van der Waals surface area contributed by atoms with Crippen LogP contribution in [0.1, 0.15) is 22.3 Å². The summed E-state index contributed by atoms with van der Waals surface area (Å²) in [7, 11) is 1.43. The van der Waals surface area contributed by atoms with E-state index in [4.69, 9.17) is 10.00 Å². The molecule has 0 bridgehead atoms. The second kappa shape index (κ2) is 7.64. The molecule has 1 aromatic carbocycles. The van der Waals surface area contributed by atoms with Crippen molar-refractivity contribution in [3.8, 4) is 6.07 Å². The number of carbonyl (C=O) groups excluding carboxylic acids is 1. The second-order valence-corrected chi connectivity index (χ2v) is 4.24. The van der Waals surface area contributed by atoms with E-state index < -0.39 is 23.2 Å². The molecule has 0 saturated carbocycles. The standard InChI is InChI=1S/C14H15F3N2O2/c1-21-10-9-19(8-4-7-18)13(20)11-5-2-3-6-12(11)14(15,16)17/h2-3,5-6H,4,8-10H2,1H3. The van der Waals surface area contributed by atoms with E-state index in [1.165, 1.54) is 24.1 Å². The van der Waals surface area contributed by atoms with Crippen molar-refractivity contribution < 1.29 is 22.7 Å². The van der Waals surface area contributed by atoms with Gasteiger partial charge < -0.3 is 9.64 Å². The molecular formula is C14H15F3N2O2. The number of hydrogen-bond donors (Lipinski definition) is 0. The Bertz CT molecular complexity index is 524. The molecule has 0 fully saturated rings. The SMILES string of the molecule is COCCN(CCC#N)C(=O)c1ccccc1C(F)(F)F. The summed E-state index contributed by atoms with van der Waals surface area (Å²) in [5, 5.41) is 8.58. The zero-order chi connectivity index (χ0) is 15.9. The zero-order valence-corrected chi connectivity index (χ0v) is 11.5. The first-order valence-electron chi connectivity index (χ1n) is 6.23. The Hall–Kier alpha value is -2.07. The molecule has 1 aromatic rings. The van der Waals surface area contributed by atoms with E-state index in [-0.39, 0.29) is 26.1 Å². The number of methoxy groups -OCH3 is 1. The van der Waals surface area contributed by atoms with Crippen LogP contribution < -0.4 is 0 Å². The van der Waals surface area contributed by atoms with Crippen LogP contribution in [-0.4, -0.2) is 37.6 Å². The Morgan fingerprint density at radius 1 is 1.33 bits per heavy atom. The van der Waals surface area contributed by atoms with Crippen molar-refractivity contribution in [1.82, 2.24) is 4.90 Å². The highest BCUT2D eigenvalue weighted by Gasteiger charge is 2.35. The van der Waals surface area contributed by atoms with Gasteiger partial charge >= 0.3 is 6.18 Å². The molecule has 0 aliphatic carbocycles. The molecule has 0 saturated heterocycles. The maximum absolute atomic E-state index is 12.9. The van der Waals surface area contributed by atoms with E-state index in [1.54, 1.807) is 0 Å². The molecule has 1 amide bonds. The molecule has 4 nitrogen and oxygen atoms in total. The zero-order valence-electron chi connectivity index (χ0n) is 11.5. The van der Waals surface area contributed by atoms with Crippen molar-refractivity contribution in [1.29, 1.82) is 5.26 Å². The van der Waals surface area contributed by atoms with E-state index in [1.807, 2.05) is 6.07 Å². The maximum Gasteiger partial charge on any atom is 0.417 e. The molecule has 0 aromatic heterocycles. The van der Waals surface area contributed by atoms with Gasteiger partial charge in [0.1, 0.15) is 0 Å². The number of rotatable bonds is 6. The molecule has 0 radical (unpaired) electrons. The molecule has 0 aliphatic heterocycles. The van der Waals surface area contributed by atoms with Crippen LogP contribution in [0.25, 0.3) is 0 Å². The molecule has 1 rings (SSSR count). The third-order valence-corrected chi connectivity index (χ3v) is 2.81. The third-order valence-electron chi connectivity index (χ3n) is 2.81. The van der Waals surface area contributed by atoms with Gasteiger partial charge in [0, 0.05) is 20.2 Å². The first-order chi connectivity index (χ1) is 9.91. The molecule has 0 N–H and O–H groups in total. The van der Waals surface area contributed by atoms with Gasteiger partial charge in [0.2, 0.25) is 0 Å². The number of benzene rings is 1. The Kier molecular flexibility index (Phi) is 6.18. The van der Waals surface area contributed by atoms with Gasteiger partial charge in [0.25, 0.3) is 5.91 Å². The lowest BCUT2D eigenvalue weighted by Gasteiger charge is -2.23. The maximum atomic E-state index is 12.9. The van der Waals surface area contributed by atoms with Crippen LogP contribution in [0, 0.1) is 11.3 Å². The minimum atomic E-state index is -4.60. The van der Waals surface area contributed by atoms with Crippen LogP contribution in [0.4, 0.5) is 13.2 Å². The van der Waals surface area contributed by atoms with Crippen LogP contribution in [0.2, 0.25) is 0 Å². The monoisotopic (exact) mass is 300 g/mol. The lowest BCUT2D eigenvalue weighted by atomic mass is 10.1. The fourth-order valence-corrected chi connectivity index (χ4v) is 1.79. The molecule has 0 atom stereocenters. The Morgan fingerprint density at radius 3 is 2.57 bits per heavy atom. The van der Waals surface area contributed by atoms with Gasteiger partial charge in [-0.1, -0.05) is 12.1 Å². The quantitative estimate of drug-likeness (QED) is 0.811. The Morgan fingerprint density at radius 2 is 2.00 bits per heavy atom. The summed E-state index contributed by atoms with van der Waals surface area (Å²) >= 11 is 0. The van der Waals surface area contributed by atoms with E-state index in [2.05, 4.69) is 0 Å². The predicted molar refractivity (Wildman–Crippen MR) is 69.5 cm³/mol. The normalized spacial score (nSPS) is 11.0. The van der Waals surface area contributed by atoms with Crippen LogP contribution in [-0.2, 0) is 10.9 Å². The van der Waals surface area contributed by atoms with Crippen molar-refractivity contribution in [3.63, 3.8) is 0 Å². The lowest BCUT2D eigenvalue weighted by molar-refractivity contribution is -0.138. The lowest BCUT2D eigenvalue weighted by Crippen LogP contribution is -2.35. The molecule has 7 heteroatoms. The predicted octanol–water partition coefficient (Wildman–Crippen LogP) is 2.71. The minimum absolute atomic E-state index is 0.0453. The number of amides is 1. The van der Waals surface area contributed by atoms with Gasteiger partial charge in [-0.3, -0.25) is 4.79 Å². The molecular weight excluding hydrogens is 285 g/mol. The fraction of sp³-hybridized carbons (Fsp3) is 0.429. The van der Waals surface area contributed by atoms with E-state index in [0.29, 0.717) is 0 Å². The van der Waals surface area contributed by atoms with E-state index in [0.717, 1.165) is 12.1 Å². The van der Waals surface area contributed by atoms with E-state index in [9.17, 15) is 18.0 Å². The van der Waals surface area contributed by atoms with Crippen molar-refractivity contribution in [2.75, 3.05) is 26.8 Å². The van der Waals surface area contributed by atoms with Crippen LogP contribution in [0.3, 0.4) is 0 Å². The Labute approximate surface area is 120 Å². The smallest absolute Gasteiger partial charge is 0.383 e. The number of ether oxygens (including phenoxy) is 1. The van der Waals surface area contributed by atoms with Gasteiger partial charge in [0.05, 0.1) is 30.2 Å².